The molecule has 1 heterocycles. The van der Waals surface area contributed by atoms with Gasteiger partial charge in [0.05, 0.1) is 9.95 Å². The molecule has 1 saturated heterocycles. The molecule has 1 aliphatic rings. The molecule has 3 rings (SSSR count). The summed E-state index contributed by atoms with van der Waals surface area (Å²) < 4.78 is 27.0. The van der Waals surface area contributed by atoms with Crippen LogP contribution in [0.15, 0.2) is 53.4 Å². The minimum Gasteiger partial charge on any atom is -0.368 e. The number of nitro benzene ring substituents is 1. The van der Waals surface area contributed by atoms with Crippen LogP contribution in [0.3, 0.4) is 0 Å². The Kier molecular flexibility index (Phi) is 6.91. The van der Waals surface area contributed by atoms with Crippen molar-refractivity contribution in [3.8, 4) is 0 Å². The maximum Gasteiger partial charge on any atom is 0.271 e. The van der Waals surface area contributed by atoms with Crippen molar-refractivity contribution in [1.29, 1.82) is 0 Å². The summed E-state index contributed by atoms with van der Waals surface area (Å²) in [6.45, 7) is 1.96. The number of carbonyl (C=O) groups excluding carboxylic acids is 1. The molecule has 1 fully saturated rings. The second kappa shape index (κ2) is 9.41. The number of nitrogens with one attached hydrogen (secondary N) is 1. The molecule has 0 saturated carbocycles. The highest BCUT2D eigenvalue weighted by atomic mass is 35.5. The number of non-ortho nitro benzene ring substituents is 1. The first-order valence-electron chi connectivity index (χ1n) is 9.29. The van der Waals surface area contributed by atoms with Gasteiger partial charge in [-0.25, -0.2) is 13.1 Å². The number of halogens is 1. The van der Waals surface area contributed by atoms with Crippen molar-refractivity contribution < 1.29 is 18.1 Å². The lowest BCUT2D eigenvalue weighted by molar-refractivity contribution is -0.384. The van der Waals surface area contributed by atoms with Gasteiger partial charge in [-0.15, -0.1) is 0 Å². The Hall–Kier alpha value is -2.69. The third-order valence-electron chi connectivity index (χ3n) is 4.80. The van der Waals surface area contributed by atoms with E-state index in [1.54, 1.807) is 29.2 Å². The molecule has 0 unspecified atom stereocenters. The second-order valence-corrected chi connectivity index (χ2v) is 8.87. The number of amides is 1. The van der Waals surface area contributed by atoms with E-state index in [4.69, 9.17) is 11.6 Å². The minimum absolute atomic E-state index is 0.0234. The number of sulfonamides is 1. The smallest absolute Gasteiger partial charge is 0.271 e. The van der Waals surface area contributed by atoms with Crippen molar-refractivity contribution in [1.82, 2.24) is 9.62 Å². The number of hydrogen-bond acceptors (Lipinski definition) is 6. The van der Waals surface area contributed by atoms with Crippen LogP contribution < -0.4 is 9.62 Å². The van der Waals surface area contributed by atoms with Gasteiger partial charge in [-0.05, 0) is 18.2 Å². The number of carbonyl (C=O) groups is 1. The van der Waals surface area contributed by atoms with E-state index in [1.165, 1.54) is 24.3 Å². The van der Waals surface area contributed by atoms with Gasteiger partial charge in [-0.1, -0.05) is 29.8 Å². The molecule has 0 aromatic heterocycles. The lowest BCUT2D eigenvalue weighted by Gasteiger charge is -2.36. The summed E-state index contributed by atoms with van der Waals surface area (Å²) >= 11 is 5.93. The van der Waals surface area contributed by atoms with E-state index < -0.39 is 14.9 Å². The highest BCUT2D eigenvalue weighted by Gasteiger charge is 2.23. The van der Waals surface area contributed by atoms with Crippen LogP contribution >= 0.6 is 11.6 Å². The van der Waals surface area contributed by atoms with Crippen molar-refractivity contribution in [2.24, 2.45) is 0 Å². The number of anilines is 1. The molecule has 2 aromatic rings. The summed E-state index contributed by atoms with van der Waals surface area (Å²) in [5, 5.41) is 11.1. The lowest BCUT2D eigenvalue weighted by Crippen LogP contribution is -2.49. The molecular formula is C19H21ClN4O5S. The molecular weight excluding hydrogens is 432 g/mol. The Morgan fingerprint density at radius 2 is 1.80 bits per heavy atom. The maximum atomic E-state index is 12.4. The molecule has 0 bridgehead atoms. The van der Waals surface area contributed by atoms with Crippen LogP contribution in [-0.2, 0) is 14.8 Å². The van der Waals surface area contributed by atoms with E-state index in [2.05, 4.69) is 4.72 Å². The van der Waals surface area contributed by atoms with E-state index in [0.29, 0.717) is 26.2 Å². The molecule has 0 radical (unpaired) electrons. The number of benzene rings is 2. The molecule has 30 heavy (non-hydrogen) atoms. The summed E-state index contributed by atoms with van der Waals surface area (Å²) in [6, 6.07) is 12.5. The van der Waals surface area contributed by atoms with Crippen molar-refractivity contribution in [2.75, 3.05) is 37.6 Å². The summed E-state index contributed by atoms with van der Waals surface area (Å²) in [4.78, 5) is 26.6. The zero-order valence-electron chi connectivity index (χ0n) is 16.0. The van der Waals surface area contributed by atoms with Gasteiger partial charge in [0.25, 0.3) is 5.69 Å². The molecule has 0 aliphatic carbocycles. The average molecular weight is 453 g/mol. The fraction of sp³-hybridized carbons (Fsp3) is 0.316. The molecule has 160 valence electrons. The van der Waals surface area contributed by atoms with Crippen LogP contribution in [0.2, 0.25) is 5.02 Å². The van der Waals surface area contributed by atoms with E-state index in [0.717, 1.165) is 5.69 Å². The monoisotopic (exact) mass is 452 g/mol. The average Bonchev–Trinajstić information content (AvgIpc) is 2.74. The van der Waals surface area contributed by atoms with Crippen molar-refractivity contribution in [2.45, 2.75) is 11.3 Å². The van der Waals surface area contributed by atoms with Gasteiger partial charge in [0, 0.05) is 57.0 Å². The van der Waals surface area contributed by atoms with Crippen molar-refractivity contribution in [3.63, 3.8) is 0 Å². The Balaban J connectivity index is 1.49. The Bertz CT molecular complexity index is 1040. The number of nitrogens with zero attached hydrogens (tertiary/aromatic N) is 3. The van der Waals surface area contributed by atoms with E-state index in [-0.39, 0.29) is 34.5 Å². The largest absolute Gasteiger partial charge is 0.368 e. The van der Waals surface area contributed by atoms with Gasteiger partial charge in [-0.2, -0.15) is 0 Å². The lowest BCUT2D eigenvalue weighted by atomic mass is 10.2. The zero-order chi connectivity index (χ0) is 21.7. The van der Waals surface area contributed by atoms with E-state index in [1.807, 2.05) is 4.90 Å². The molecule has 9 nitrogen and oxygen atoms in total. The Morgan fingerprint density at radius 1 is 1.10 bits per heavy atom. The van der Waals surface area contributed by atoms with Crippen LogP contribution in [-0.4, -0.2) is 56.9 Å². The summed E-state index contributed by atoms with van der Waals surface area (Å²) in [6.07, 6.45) is 0.0283. The van der Waals surface area contributed by atoms with Crippen LogP contribution in [0.25, 0.3) is 0 Å². The number of hydrogen-bond donors (Lipinski definition) is 1. The second-order valence-electron chi connectivity index (χ2n) is 6.72. The van der Waals surface area contributed by atoms with Crippen LogP contribution in [0.1, 0.15) is 6.42 Å². The normalized spacial score (nSPS) is 14.6. The van der Waals surface area contributed by atoms with Gasteiger partial charge in [0.15, 0.2) is 0 Å². The Morgan fingerprint density at radius 3 is 2.47 bits per heavy atom. The van der Waals surface area contributed by atoms with E-state index in [9.17, 15) is 23.3 Å². The summed E-state index contributed by atoms with van der Waals surface area (Å²) in [5.74, 6) is -0.157. The predicted molar refractivity (Wildman–Crippen MR) is 113 cm³/mol. The SMILES string of the molecule is O=C(CCNS(=O)(=O)c1ccccc1Cl)N1CCN(c2cccc([N+](=O)[O-])c2)CC1. The third-order valence-corrected chi connectivity index (χ3v) is 6.76. The van der Waals surface area contributed by atoms with Gasteiger partial charge in [0.1, 0.15) is 4.90 Å². The van der Waals surface area contributed by atoms with Gasteiger partial charge in [-0.3, -0.25) is 14.9 Å². The number of piperazine rings is 1. The molecule has 0 spiro atoms. The van der Waals surface area contributed by atoms with Crippen LogP contribution in [0.4, 0.5) is 11.4 Å². The summed E-state index contributed by atoms with van der Waals surface area (Å²) in [5.41, 5.74) is 0.764. The van der Waals surface area contributed by atoms with Crippen molar-refractivity contribution in [3.05, 3.63) is 63.7 Å². The molecule has 2 aromatic carbocycles. The van der Waals surface area contributed by atoms with Gasteiger partial charge in [0.2, 0.25) is 15.9 Å². The highest BCUT2D eigenvalue weighted by Crippen LogP contribution is 2.22. The highest BCUT2D eigenvalue weighted by molar-refractivity contribution is 7.89. The maximum absolute atomic E-state index is 12.4. The van der Waals surface area contributed by atoms with E-state index >= 15 is 0 Å². The fourth-order valence-electron chi connectivity index (χ4n) is 3.21. The van der Waals surface area contributed by atoms with Gasteiger partial charge < -0.3 is 9.80 Å². The minimum atomic E-state index is -3.79. The molecule has 11 heteroatoms. The van der Waals surface area contributed by atoms with Gasteiger partial charge >= 0.3 is 0 Å². The fourth-order valence-corrected chi connectivity index (χ4v) is 4.76. The Labute approximate surface area is 179 Å². The predicted octanol–water partition coefficient (Wildman–Crippen LogP) is 2.27. The molecule has 1 aliphatic heterocycles. The van der Waals surface area contributed by atoms with Crippen LogP contribution in [0, 0.1) is 10.1 Å². The summed E-state index contributed by atoms with van der Waals surface area (Å²) in [7, 11) is -3.79. The quantitative estimate of drug-likeness (QED) is 0.509. The molecule has 1 amide bonds. The molecule has 1 N–H and O–H groups in total. The first-order valence-corrected chi connectivity index (χ1v) is 11.2. The first kappa shape index (κ1) is 22.0. The standard InChI is InChI=1S/C19H21ClN4O5S/c20-17-6-1-2-7-18(17)30(28,29)21-9-8-19(25)23-12-10-22(11-13-23)15-4-3-5-16(14-15)24(26)27/h1-7,14,21H,8-13H2. The first-order chi connectivity index (χ1) is 14.3. The third kappa shape index (κ3) is 5.26. The van der Waals surface area contributed by atoms with Crippen molar-refractivity contribution >= 4 is 38.9 Å². The number of nitro groups is 1. The zero-order valence-corrected chi connectivity index (χ0v) is 17.6. The topological polar surface area (TPSA) is 113 Å². The molecule has 0 atom stereocenters. The van der Waals surface area contributed by atoms with Crippen LogP contribution in [0.5, 0.6) is 0 Å². The number of rotatable bonds is 7.